The van der Waals surface area contributed by atoms with Gasteiger partial charge in [0.15, 0.2) is 0 Å². The van der Waals surface area contributed by atoms with E-state index in [1.54, 1.807) is 0 Å². The standard InChI is InChI=1S/C18H32N2/c1-2-7-17(15(5-1)16-6-3-4-12-19-16)20-18(13-8-9-13)14-10-11-14/h13-20H,1-12H2. The first-order valence-corrected chi connectivity index (χ1v) is 9.41. The van der Waals surface area contributed by atoms with E-state index in [0.29, 0.717) is 0 Å². The third-order valence-corrected chi connectivity index (χ3v) is 6.35. The first-order valence-electron chi connectivity index (χ1n) is 9.41. The summed E-state index contributed by atoms with van der Waals surface area (Å²) in [6.45, 7) is 1.27. The van der Waals surface area contributed by atoms with E-state index in [0.717, 1.165) is 35.9 Å². The summed E-state index contributed by atoms with van der Waals surface area (Å²) in [7, 11) is 0. The van der Waals surface area contributed by atoms with Crippen LogP contribution in [0.5, 0.6) is 0 Å². The second kappa shape index (κ2) is 5.96. The molecule has 4 rings (SSSR count). The first-order chi connectivity index (χ1) is 9.92. The van der Waals surface area contributed by atoms with E-state index in [-0.39, 0.29) is 0 Å². The zero-order valence-electron chi connectivity index (χ0n) is 12.9. The molecular formula is C18H32N2. The summed E-state index contributed by atoms with van der Waals surface area (Å²) >= 11 is 0. The van der Waals surface area contributed by atoms with E-state index < -0.39 is 0 Å². The van der Waals surface area contributed by atoms with Crippen molar-refractivity contribution in [2.45, 2.75) is 88.8 Å². The Kier molecular flexibility index (Phi) is 4.05. The highest BCUT2D eigenvalue weighted by molar-refractivity contribution is 5.00. The van der Waals surface area contributed by atoms with Gasteiger partial charge in [0.05, 0.1) is 0 Å². The molecular weight excluding hydrogens is 244 g/mol. The van der Waals surface area contributed by atoms with E-state index in [1.165, 1.54) is 77.2 Å². The zero-order valence-corrected chi connectivity index (χ0v) is 12.9. The lowest BCUT2D eigenvalue weighted by molar-refractivity contribution is 0.163. The van der Waals surface area contributed by atoms with Crippen LogP contribution in [0.4, 0.5) is 0 Å². The fraction of sp³-hybridized carbons (Fsp3) is 1.00. The van der Waals surface area contributed by atoms with Crippen LogP contribution < -0.4 is 10.6 Å². The van der Waals surface area contributed by atoms with Crippen molar-refractivity contribution in [3.05, 3.63) is 0 Å². The Hall–Kier alpha value is -0.0800. The lowest BCUT2D eigenvalue weighted by Gasteiger charge is -2.41. The van der Waals surface area contributed by atoms with Crippen LogP contribution in [-0.4, -0.2) is 24.7 Å². The smallest absolute Gasteiger partial charge is 0.0126 e. The van der Waals surface area contributed by atoms with Crippen molar-refractivity contribution in [1.29, 1.82) is 0 Å². The fourth-order valence-electron chi connectivity index (χ4n) is 4.91. The molecule has 0 bridgehead atoms. The van der Waals surface area contributed by atoms with Gasteiger partial charge < -0.3 is 10.6 Å². The number of nitrogens with one attached hydrogen (secondary N) is 2. The molecule has 0 aromatic heterocycles. The first kappa shape index (κ1) is 13.6. The predicted octanol–water partition coefficient (Wildman–Crippen LogP) is 3.47. The van der Waals surface area contributed by atoms with Crippen molar-refractivity contribution >= 4 is 0 Å². The second-order valence-corrected chi connectivity index (χ2v) is 7.98. The molecule has 4 aliphatic rings. The minimum atomic E-state index is 0.820. The van der Waals surface area contributed by atoms with E-state index in [1.807, 2.05) is 0 Å². The van der Waals surface area contributed by atoms with Crippen molar-refractivity contribution in [2.75, 3.05) is 6.54 Å². The van der Waals surface area contributed by atoms with Crippen molar-refractivity contribution in [3.8, 4) is 0 Å². The molecule has 2 N–H and O–H groups in total. The Morgan fingerprint density at radius 2 is 1.45 bits per heavy atom. The molecule has 4 fully saturated rings. The molecule has 1 aliphatic heterocycles. The molecule has 1 heterocycles. The molecule has 114 valence electrons. The van der Waals surface area contributed by atoms with Crippen LogP contribution in [0.1, 0.15) is 70.6 Å². The monoisotopic (exact) mass is 276 g/mol. The van der Waals surface area contributed by atoms with Crippen LogP contribution in [0.25, 0.3) is 0 Å². The van der Waals surface area contributed by atoms with E-state index in [2.05, 4.69) is 10.6 Å². The third kappa shape index (κ3) is 3.06. The molecule has 2 nitrogen and oxygen atoms in total. The van der Waals surface area contributed by atoms with Crippen LogP contribution in [0.3, 0.4) is 0 Å². The minimum Gasteiger partial charge on any atom is -0.314 e. The van der Waals surface area contributed by atoms with Crippen molar-refractivity contribution in [1.82, 2.24) is 10.6 Å². The highest BCUT2D eigenvalue weighted by Crippen LogP contribution is 2.45. The minimum absolute atomic E-state index is 0.820. The summed E-state index contributed by atoms with van der Waals surface area (Å²) in [5, 5.41) is 8.03. The quantitative estimate of drug-likeness (QED) is 0.803. The molecule has 0 aromatic carbocycles. The van der Waals surface area contributed by atoms with Crippen LogP contribution in [0, 0.1) is 17.8 Å². The van der Waals surface area contributed by atoms with Gasteiger partial charge in [-0.15, -0.1) is 0 Å². The number of piperidine rings is 1. The molecule has 3 saturated carbocycles. The highest BCUT2D eigenvalue weighted by atomic mass is 15.0. The summed E-state index contributed by atoms with van der Waals surface area (Å²) in [6.07, 6.45) is 16.2. The summed E-state index contributed by atoms with van der Waals surface area (Å²) in [5.41, 5.74) is 0. The summed E-state index contributed by atoms with van der Waals surface area (Å²) in [5.74, 6) is 3.01. The molecule has 20 heavy (non-hydrogen) atoms. The van der Waals surface area contributed by atoms with Crippen molar-refractivity contribution < 1.29 is 0 Å². The Morgan fingerprint density at radius 3 is 2.10 bits per heavy atom. The van der Waals surface area contributed by atoms with Crippen LogP contribution in [-0.2, 0) is 0 Å². The second-order valence-electron chi connectivity index (χ2n) is 7.98. The average molecular weight is 276 g/mol. The lowest BCUT2D eigenvalue weighted by Crippen LogP contribution is -2.53. The molecule has 3 unspecified atom stereocenters. The lowest BCUT2D eigenvalue weighted by atomic mass is 9.76. The van der Waals surface area contributed by atoms with Crippen LogP contribution in [0.2, 0.25) is 0 Å². The molecule has 0 spiro atoms. The van der Waals surface area contributed by atoms with E-state index >= 15 is 0 Å². The fourth-order valence-corrected chi connectivity index (χ4v) is 4.91. The van der Waals surface area contributed by atoms with Crippen molar-refractivity contribution in [2.24, 2.45) is 17.8 Å². The van der Waals surface area contributed by atoms with Gasteiger partial charge in [0.1, 0.15) is 0 Å². The summed E-state index contributed by atoms with van der Waals surface area (Å²) in [4.78, 5) is 0. The summed E-state index contributed by atoms with van der Waals surface area (Å²) < 4.78 is 0. The Morgan fingerprint density at radius 1 is 0.750 bits per heavy atom. The maximum absolute atomic E-state index is 4.19. The number of rotatable bonds is 5. The Balaban J connectivity index is 1.40. The molecule has 3 aliphatic carbocycles. The van der Waals surface area contributed by atoms with Gasteiger partial charge in [-0.25, -0.2) is 0 Å². The zero-order chi connectivity index (χ0) is 13.4. The molecule has 2 heteroatoms. The highest BCUT2D eigenvalue weighted by Gasteiger charge is 2.44. The largest absolute Gasteiger partial charge is 0.314 e. The Bertz CT molecular complexity index is 303. The molecule has 0 aromatic rings. The van der Waals surface area contributed by atoms with Gasteiger partial charge in [-0.3, -0.25) is 0 Å². The molecule has 0 amide bonds. The maximum atomic E-state index is 4.19. The van der Waals surface area contributed by atoms with E-state index in [4.69, 9.17) is 0 Å². The topological polar surface area (TPSA) is 24.1 Å². The van der Waals surface area contributed by atoms with Gasteiger partial charge in [-0.05, 0) is 75.7 Å². The van der Waals surface area contributed by atoms with Gasteiger partial charge in [0, 0.05) is 18.1 Å². The third-order valence-electron chi connectivity index (χ3n) is 6.35. The Labute approximate surface area is 124 Å². The number of hydrogen-bond acceptors (Lipinski definition) is 2. The van der Waals surface area contributed by atoms with Gasteiger partial charge in [-0.1, -0.05) is 19.3 Å². The predicted molar refractivity (Wildman–Crippen MR) is 83.8 cm³/mol. The normalized spacial score (nSPS) is 39.1. The average Bonchev–Trinajstić information content (AvgIpc) is 3.40. The van der Waals surface area contributed by atoms with Crippen LogP contribution in [0.15, 0.2) is 0 Å². The maximum Gasteiger partial charge on any atom is 0.0126 e. The number of hydrogen-bond donors (Lipinski definition) is 2. The molecule has 3 atom stereocenters. The van der Waals surface area contributed by atoms with Crippen molar-refractivity contribution in [3.63, 3.8) is 0 Å². The van der Waals surface area contributed by atoms with Crippen LogP contribution >= 0.6 is 0 Å². The van der Waals surface area contributed by atoms with Gasteiger partial charge in [0.25, 0.3) is 0 Å². The van der Waals surface area contributed by atoms with Gasteiger partial charge in [-0.2, -0.15) is 0 Å². The van der Waals surface area contributed by atoms with E-state index in [9.17, 15) is 0 Å². The van der Waals surface area contributed by atoms with Gasteiger partial charge >= 0.3 is 0 Å². The summed E-state index contributed by atoms with van der Waals surface area (Å²) in [6, 6.07) is 2.54. The molecule has 0 radical (unpaired) electrons. The van der Waals surface area contributed by atoms with Gasteiger partial charge in [0.2, 0.25) is 0 Å². The molecule has 1 saturated heterocycles. The SMILES string of the molecule is C1CCC(C2CCCCC2NC(C2CC2)C2CC2)NC1.